The van der Waals surface area contributed by atoms with Crippen LogP contribution in [0.5, 0.6) is 0 Å². The van der Waals surface area contributed by atoms with E-state index in [0.717, 1.165) is 49.3 Å². The molecular formula is C33H42F3N3O2. The Hall–Kier alpha value is -2.87. The number of carbonyl (C=O) groups excluding carboxylic acids is 2. The minimum Gasteiger partial charge on any atom is -0.349 e. The van der Waals surface area contributed by atoms with Gasteiger partial charge < -0.3 is 10.2 Å². The predicted octanol–water partition coefficient (Wildman–Crippen LogP) is 6.30. The van der Waals surface area contributed by atoms with Crippen LogP contribution in [0.25, 0.3) is 0 Å². The highest BCUT2D eigenvalue weighted by Gasteiger charge is 2.45. The van der Waals surface area contributed by atoms with Gasteiger partial charge in [-0.05, 0) is 94.2 Å². The lowest BCUT2D eigenvalue weighted by Crippen LogP contribution is -2.44. The highest BCUT2D eigenvalue weighted by Crippen LogP contribution is 2.40. The number of likely N-dealkylation sites (tertiary alicyclic amines) is 2. The fourth-order valence-corrected chi connectivity index (χ4v) is 6.74. The molecule has 2 amide bonds. The Bertz CT molecular complexity index is 1280. The molecule has 2 aromatic carbocycles. The molecule has 0 bridgehead atoms. The van der Waals surface area contributed by atoms with Crippen molar-refractivity contribution in [1.82, 2.24) is 15.1 Å². The Labute approximate surface area is 241 Å². The van der Waals surface area contributed by atoms with Crippen LogP contribution in [-0.2, 0) is 9.59 Å². The Morgan fingerprint density at radius 3 is 2.12 bits per heavy atom. The molecule has 0 radical (unpaired) electrons. The number of amides is 2. The predicted molar refractivity (Wildman–Crippen MR) is 153 cm³/mol. The Morgan fingerprint density at radius 2 is 1.54 bits per heavy atom. The molecule has 3 atom stereocenters. The van der Waals surface area contributed by atoms with E-state index in [1.165, 1.54) is 24.3 Å². The molecular weight excluding hydrogens is 527 g/mol. The molecule has 2 saturated heterocycles. The van der Waals surface area contributed by atoms with Crippen molar-refractivity contribution in [2.75, 3.05) is 26.2 Å². The fraction of sp³-hybridized carbons (Fsp3) is 0.576. The molecule has 0 spiro atoms. The highest BCUT2D eigenvalue weighted by molar-refractivity contribution is 5.81. The zero-order chi connectivity index (χ0) is 29.5. The molecule has 8 heteroatoms. The summed E-state index contributed by atoms with van der Waals surface area (Å²) >= 11 is 0. The normalized spacial score (nSPS) is 23.3. The van der Waals surface area contributed by atoms with Gasteiger partial charge in [0, 0.05) is 49.6 Å². The lowest BCUT2D eigenvalue weighted by Gasteiger charge is -2.36. The zero-order valence-corrected chi connectivity index (χ0v) is 24.6. The SMILES string of the molecule is CC(NC(=O)C1CCC1)c1cc(F)ccc1C1CCN(C(=O)C2CN(C(C)(C)C)CC2c2ccc(F)cc2F)CC1. The van der Waals surface area contributed by atoms with Crippen molar-refractivity contribution in [3.05, 3.63) is 70.5 Å². The van der Waals surface area contributed by atoms with E-state index >= 15 is 0 Å². The third kappa shape index (κ3) is 6.32. The van der Waals surface area contributed by atoms with Gasteiger partial charge in [0.05, 0.1) is 12.0 Å². The van der Waals surface area contributed by atoms with Crippen molar-refractivity contribution < 1.29 is 22.8 Å². The zero-order valence-electron chi connectivity index (χ0n) is 24.6. The number of halogens is 3. The van der Waals surface area contributed by atoms with Crippen molar-refractivity contribution in [3.63, 3.8) is 0 Å². The van der Waals surface area contributed by atoms with E-state index in [1.807, 2.05) is 17.9 Å². The summed E-state index contributed by atoms with van der Waals surface area (Å²) in [7, 11) is 0. The quantitative estimate of drug-likeness (QED) is 0.444. The van der Waals surface area contributed by atoms with Crippen LogP contribution < -0.4 is 5.32 Å². The van der Waals surface area contributed by atoms with E-state index in [9.17, 15) is 22.8 Å². The van der Waals surface area contributed by atoms with Gasteiger partial charge in [0.25, 0.3) is 0 Å². The maximum atomic E-state index is 14.9. The summed E-state index contributed by atoms with van der Waals surface area (Å²) in [5, 5.41) is 3.08. The number of carbonyl (C=O) groups is 2. The van der Waals surface area contributed by atoms with Gasteiger partial charge in [0.2, 0.25) is 11.8 Å². The minimum atomic E-state index is -0.626. The van der Waals surface area contributed by atoms with Crippen LogP contribution in [0.15, 0.2) is 36.4 Å². The van der Waals surface area contributed by atoms with Gasteiger partial charge in [-0.25, -0.2) is 13.2 Å². The van der Waals surface area contributed by atoms with E-state index in [-0.39, 0.29) is 47.0 Å². The summed E-state index contributed by atoms with van der Waals surface area (Å²) in [5.74, 6) is -2.11. The van der Waals surface area contributed by atoms with Crippen molar-refractivity contribution in [1.29, 1.82) is 0 Å². The van der Waals surface area contributed by atoms with Crippen molar-refractivity contribution in [3.8, 4) is 0 Å². The molecule has 5 rings (SSSR count). The number of hydrogen-bond acceptors (Lipinski definition) is 3. The molecule has 3 fully saturated rings. The van der Waals surface area contributed by atoms with Gasteiger partial charge in [-0.2, -0.15) is 0 Å². The maximum Gasteiger partial charge on any atom is 0.227 e. The first-order valence-corrected chi connectivity index (χ1v) is 15.0. The summed E-state index contributed by atoms with van der Waals surface area (Å²) in [4.78, 5) is 30.6. The standard InChI is InChI=1S/C33H42F3N3O2/c1-20(37-31(40)22-6-5-7-22)27-16-23(34)8-10-25(27)21-12-14-38(15-13-21)32(41)29-19-39(33(2,3)4)18-28(29)26-11-9-24(35)17-30(26)36/h8-11,16-17,20-22,28-29H,5-7,12-15,18-19H2,1-4H3,(H,37,40). The van der Waals surface area contributed by atoms with E-state index in [1.54, 1.807) is 0 Å². The van der Waals surface area contributed by atoms with Crippen LogP contribution in [0.2, 0.25) is 0 Å². The average molecular weight is 570 g/mol. The summed E-state index contributed by atoms with van der Waals surface area (Å²) in [6.07, 6.45) is 4.33. The molecule has 1 aliphatic carbocycles. The third-order valence-corrected chi connectivity index (χ3v) is 9.54. The van der Waals surface area contributed by atoms with E-state index in [0.29, 0.717) is 31.7 Å². The summed E-state index contributed by atoms with van der Waals surface area (Å²) in [6, 6.07) is 8.17. The van der Waals surface area contributed by atoms with Crippen LogP contribution in [0.4, 0.5) is 13.2 Å². The van der Waals surface area contributed by atoms with Crippen LogP contribution in [0.3, 0.4) is 0 Å². The molecule has 3 unspecified atom stereocenters. The Morgan fingerprint density at radius 1 is 0.902 bits per heavy atom. The number of piperidine rings is 1. The molecule has 0 aromatic heterocycles. The van der Waals surface area contributed by atoms with Crippen LogP contribution >= 0.6 is 0 Å². The molecule has 222 valence electrons. The largest absolute Gasteiger partial charge is 0.349 e. The number of nitrogens with zero attached hydrogens (tertiary/aromatic N) is 2. The van der Waals surface area contributed by atoms with Crippen LogP contribution in [-0.4, -0.2) is 53.3 Å². The molecule has 41 heavy (non-hydrogen) atoms. The smallest absolute Gasteiger partial charge is 0.227 e. The van der Waals surface area contributed by atoms with Crippen molar-refractivity contribution in [2.24, 2.45) is 11.8 Å². The number of rotatable bonds is 6. The monoisotopic (exact) mass is 569 g/mol. The topological polar surface area (TPSA) is 52.7 Å². The van der Waals surface area contributed by atoms with Gasteiger partial charge in [0.1, 0.15) is 17.5 Å². The number of hydrogen-bond donors (Lipinski definition) is 1. The van der Waals surface area contributed by atoms with Crippen LogP contribution in [0.1, 0.15) is 94.4 Å². The molecule has 2 aliphatic heterocycles. The first kappa shape index (κ1) is 29.6. The first-order valence-electron chi connectivity index (χ1n) is 15.0. The van der Waals surface area contributed by atoms with E-state index in [2.05, 4.69) is 31.0 Å². The lowest BCUT2D eigenvalue weighted by atomic mass is 9.82. The summed E-state index contributed by atoms with van der Waals surface area (Å²) in [5.41, 5.74) is 2.01. The first-order chi connectivity index (χ1) is 19.4. The van der Waals surface area contributed by atoms with E-state index < -0.39 is 17.6 Å². The van der Waals surface area contributed by atoms with Gasteiger partial charge in [0.15, 0.2) is 0 Å². The van der Waals surface area contributed by atoms with Gasteiger partial charge >= 0.3 is 0 Å². The van der Waals surface area contributed by atoms with Crippen LogP contribution in [0, 0.1) is 29.3 Å². The lowest BCUT2D eigenvalue weighted by molar-refractivity contribution is -0.136. The average Bonchev–Trinajstić information content (AvgIpc) is 3.33. The van der Waals surface area contributed by atoms with Gasteiger partial charge in [-0.1, -0.05) is 18.6 Å². The molecule has 2 heterocycles. The Kier molecular flexibility index (Phi) is 8.51. The van der Waals surface area contributed by atoms with Crippen molar-refractivity contribution in [2.45, 2.75) is 83.2 Å². The molecule has 1 N–H and O–H groups in total. The molecule has 3 aliphatic rings. The second-order valence-corrected chi connectivity index (χ2v) is 13.2. The maximum absolute atomic E-state index is 14.9. The fourth-order valence-electron chi connectivity index (χ4n) is 6.74. The molecule has 5 nitrogen and oxygen atoms in total. The second-order valence-electron chi connectivity index (χ2n) is 13.2. The summed E-state index contributed by atoms with van der Waals surface area (Å²) in [6.45, 7) is 10.3. The third-order valence-electron chi connectivity index (χ3n) is 9.54. The molecule has 2 aromatic rings. The summed E-state index contributed by atoms with van der Waals surface area (Å²) < 4.78 is 42.9. The van der Waals surface area contributed by atoms with E-state index in [4.69, 9.17) is 0 Å². The highest BCUT2D eigenvalue weighted by atomic mass is 19.1. The Balaban J connectivity index is 1.29. The number of benzene rings is 2. The molecule has 1 saturated carbocycles. The van der Waals surface area contributed by atoms with Crippen molar-refractivity contribution >= 4 is 11.8 Å². The number of nitrogens with one attached hydrogen (secondary N) is 1. The van der Waals surface area contributed by atoms with Gasteiger partial charge in [-0.3, -0.25) is 14.5 Å². The van der Waals surface area contributed by atoms with Gasteiger partial charge in [-0.15, -0.1) is 0 Å². The minimum absolute atomic E-state index is 0.00406. The second kappa shape index (κ2) is 11.8.